The molecule has 39 heavy (non-hydrogen) atoms. The van der Waals surface area contributed by atoms with Gasteiger partial charge >= 0.3 is 6.09 Å². The van der Waals surface area contributed by atoms with Crippen LogP contribution in [0, 0.1) is 5.92 Å². The first-order chi connectivity index (χ1) is 18.5. The van der Waals surface area contributed by atoms with Crippen molar-refractivity contribution >= 4 is 23.8 Å². The first kappa shape index (κ1) is 26.1. The van der Waals surface area contributed by atoms with Crippen LogP contribution in [0.5, 0.6) is 0 Å². The number of amides is 4. The molecule has 1 saturated carbocycles. The number of alkyl carbamates (subject to hydrolysis) is 1. The summed E-state index contributed by atoms with van der Waals surface area (Å²) in [5, 5.41) is 5.51. The van der Waals surface area contributed by atoms with Gasteiger partial charge in [0.05, 0.1) is 12.1 Å². The normalized spacial score (nSPS) is 29.7. The zero-order chi connectivity index (χ0) is 27.6. The Bertz CT molecular complexity index is 1210. The molecule has 6 rings (SSSR count). The second kappa shape index (κ2) is 9.50. The topological polar surface area (TPSA) is 111 Å². The molecule has 0 aromatic heterocycles. The summed E-state index contributed by atoms with van der Waals surface area (Å²) in [5.41, 5.74) is 2.22. The van der Waals surface area contributed by atoms with Gasteiger partial charge in [-0.1, -0.05) is 6.07 Å². The van der Waals surface area contributed by atoms with Crippen LogP contribution in [-0.4, -0.2) is 95.0 Å². The molecule has 2 aliphatic carbocycles. The predicted molar refractivity (Wildman–Crippen MR) is 143 cm³/mol. The lowest BCUT2D eigenvalue weighted by Gasteiger charge is -2.39. The summed E-state index contributed by atoms with van der Waals surface area (Å²) in [6, 6.07) is 5.09. The third-order valence-corrected chi connectivity index (χ3v) is 9.04. The van der Waals surface area contributed by atoms with Crippen molar-refractivity contribution in [3.8, 4) is 0 Å². The molecule has 1 aromatic rings. The molecule has 3 saturated heterocycles. The van der Waals surface area contributed by atoms with E-state index in [1.807, 2.05) is 28.0 Å². The van der Waals surface area contributed by atoms with E-state index in [2.05, 4.69) is 15.5 Å². The minimum absolute atomic E-state index is 0.0112. The van der Waals surface area contributed by atoms with Gasteiger partial charge in [0.1, 0.15) is 11.6 Å². The maximum atomic E-state index is 13.7. The molecular formula is C29H39N5O5. The number of benzene rings is 1. The molecule has 10 heteroatoms. The number of ether oxygens (including phenoxy) is 1. The van der Waals surface area contributed by atoms with E-state index in [0.717, 1.165) is 49.8 Å². The number of carbonyl (C=O) groups is 4. The largest absolute Gasteiger partial charge is 0.444 e. The molecule has 2 N–H and O–H groups in total. The zero-order valence-corrected chi connectivity index (χ0v) is 23.2. The number of hydrogen-bond donors (Lipinski definition) is 2. The maximum absolute atomic E-state index is 13.7. The van der Waals surface area contributed by atoms with Crippen molar-refractivity contribution in [3.05, 3.63) is 34.9 Å². The highest BCUT2D eigenvalue weighted by Gasteiger charge is 2.54. The smallest absolute Gasteiger partial charge is 0.408 e. The molecule has 6 atom stereocenters. The van der Waals surface area contributed by atoms with Crippen molar-refractivity contribution in [2.75, 3.05) is 26.7 Å². The Morgan fingerprint density at radius 2 is 1.92 bits per heavy atom. The quantitative estimate of drug-likeness (QED) is 0.573. The van der Waals surface area contributed by atoms with Crippen LogP contribution in [0.1, 0.15) is 74.0 Å². The van der Waals surface area contributed by atoms with Gasteiger partial charge in [0.25, 0.3) is 5.91 Å². The second-order valence-corrected chi connectivity index (χ2v) is 12.7. The molecule has 3 aliphatic heterocycles. The summed E-state index contributed by atoms with van der Waals surface area (Å²) >= 11 is 0. The van der Waals surface area contributed by atoms with E-state index in [4.69, 9.17) is 4.74 Å². The number of nitrogens with one attached hydrogen (secondary N) is 2. The summed E-state index contributed by atoms with van der Waals surface area (Å²) < 4.78 is 5.47. The van der Waals surface area contributed by atoms with E-state index in [0.29, 0.717) is 30.6 Å². The minimum atomic E-state index is -0.755. The molecule has 3 heterocycles. The van der Waals surface area contributed by atoms with Gasteiger partial charge in [-0.25, -0.2) is 4.79 Å². The highest BCUT2D eigenvalue weighted by atomic mass is 16.6. The lowest BCUT2D eigenvalue weighted by atomic mass is 10.0. The van der Waals surface area contributed by atoms with E-state index in [9.17, 15) is 19.2 Å². The van der Waals surface area contributed by atoms with E-state index in [-0.39, 0.29) is 35.8 Å². The Morgan fingerprint density at radius 1 is 1.13 bits per heavy atom. The fourth-order valence-corrected chi connectivity index (χ4v) is 7.21. The number of fused-ring (bicyclic) bond motifs is 4. The number of nitrogens with zero attached hydrogens (tertiary/aromatic N) is 3. The average molecular weight is 538 g/mol. The Labute approximate surface area is 229 Å². The third-order valence-electron chi connectivity index (χ3n) is 9.04. The van der Waals surface area contributed by atoms with Crippen molar-refractivity contribution in [3.63, 3.8) is 0 Å². The Morgan fingerprint density at radius 3 is 2.56 bits per heavy atom. The van der Waals surface area contributed by atoms with Crippen molar-refractivity contribution in [1.82, 2.24) is 25.3 Å². The van der Waals surface area contributed by atoms with Crippen LogP contribution in [0.2, 0.25) is 0 Å². The Kier molecular flexibility index (Phi) is 6.36. The summed E-state index contributed by atoms with van der Waals surface area (Å²) in [6.07, 6.45) is 3.86. The Balaban J connectivity index is 1.15. The van der Waals surface area contributed by atoms with Gasteiger partial charge in [-0.2, -0.15) is 0 Å². The Hall–Kier alpha value is -3.14. The van der Waals surface area contributed by atoms with E-state index < -0.39 is 17.7 Å². The maximum Gasteiger partial charge on any atom is 0.408 e. The van der Waals surface area contributed by atoms with Crippen LogP contribution in [0.3, 0.4) is 0 Å². The first-order valence-electron chi connectivity index (χ1n) is 14.2. The van der Waals surface area contributed by atoms with Crippen molar-refractivity contribution < 1.29 is 23.9 Å². The lowest BCUT2D eigenvalue weighted by Crippen LogP contribution is -2.58. The molecule has 0 radical (unpaired) electrons. The molecule has 0 spiro atoms. The van der Waals surface area contributed by atoms with Gasteiger partial charge < -0.3 is 25.2 Å². The monoisotopic (exact) mass is 537 g/mol. The number of rotatable bonds is 6. The SMILES string of the molecule is CNC(=O)c1ccc2c(c1)CC[C@@H]2N1C(=O)C2C[C@H]1CN2CC(NC(=O)OC(C)(C)C)C(=O)N1CCC2CC21. The van der Waals surface area contributed by atoms with Gasteiger partial charge in [0, 0.05) is 44.3 Å². The number of carbonyl (C=O) groups excluding carboxylic acids is 4. The van der Waals surface area contributed by atoms with Crippen LogP contribution in [0.4, 0.5) is 4.79 Å². The molecule has 4 unspecified atom stereocenters. The molecular weight excluding hydrogens is 498 g/mol. The van der Waals surface area contributed by atoms with Crippen LogP contribution < -0.4 is 10.6 Å². The van der Waals surface area contributed by atoms with Gasteiger partial charge in [0.15, 0.2) is 0 Å². The third kappa shape index (κ3) is 4.77. The number of likely N-dealkylation sites (tertiary alicyclic amines) is 3. The van der Waals surface area contributed by atoms with Gasteiger partial charge in [-0.05, 0) is 82.1 Å². The van der Waals surface area contributed by atoms with Crippen molar-refractivity contribution in [1.29, 1.82) is 0 Å². The number of piperidine rings is 1. The highest BCUT2D eigenvalue weighted by molar-refractivity contribution is 5.94. The molecule has 4 fully saturated rings. The fourth-order valence-electron chi connectivity index (χ4n) is 7.21. The molecule has 2 bridgehead atoms. The van der Waals surface area contributed by atoms with E-state index in [1.165, 1.54) is 0 Å². The molecule has 5 aliphatic rings. The van der Waals surface area contributed by atoms with Crippen LogP contribution in [0.15, 0.2) is 18.2 Å². The molecule has 4 amide bonds. The van der Waals surface area contributed by atoms with Crippen LogP contribution >= 0.6 is 0 Å². The van der Waals surface area contributed by atoms with Crippen LogP contribution in [0.25, 0.3) is 0 Å². The molecule has 1 aromatic carbocycles. The second-order valence-electron chi connectivity index (χ2n) is 12.7. The van der Waals surface area contributed by atoms with Gasteiger partial charge in [-0.3, -0.25) is 19.3 Å². The summed E-state index contributed by atoms with van der Waals surface area (Å²) in [4.78, 5) is 58.1. The standard InChI is InChI=1S/C29H39N5O5/c1-29(2,3)39-28(38)31-21(26(36)33-10-9-17-12-23(17)33)15-32-14-19-13-24(32)27(37)34(19)22-8-6-16-11-18(25(35)30-4)5-7-20(16)22/h5,7,11,17,19,21-24H,6,8-10,12-15H2,1-4H3,(H,30,35)(H,31,38)/t17?,19-,21?,22-,23?,24?/m0/s1. The number of aryl methyl sites for hydroxylation is 1. The van der Waals surface area contributed by atoms with Crippen LogP contribution in [-0.2, 0) is 20.7 Å². The van der Waals surface area contributed by atoms with Crippen molar-refractivity contribution in [2.24, 2.45) is 5.92 Å². The van der Waals surface area contributed by atoms with E-state index in [1.54, 1.807) is 27.8 Å². The summed E-state index contributed by atoms with van der Waals surface area (Å²) in [7, 11) is 1.62. The average Bonchev–Trinajstić information content (AvgIpc) is 3.23. The number of hydrogen-bond acceptors (Lipinski definition) is 6. The van der Waals surface area contributed by atoms with E-state index >= 15 is 0 Å². The summed E-state index contributed by atoms with van der Waals surface area (Å²) in [6.45, 7) is 7.08. The highest BCUT2D eigenvalue weighted by Crippen LogP contribution is 2.46. The molecule has 210 valence electrons. The number of piperazine rings is 1. The summed E-state index contributed by atoms with van der Waals surface area (Å²) in [5.74, 6) is 0.500. The van der Waals surface area contributed by atoms with Gasteiger partial charge in [-0.15, -0.1) is 0 Å². The molecule has 10 nitrogen and oxygen atoms in total. The first-order valence-corrected chi connectivity index (χ1v) is 14.2. The predicted octanol–water partition coefficient (Wildman–Crippen LogP) is 1.83. The minimum Gasteiger partial charge on any atom is -0.444 e. The fraction of sp³-hybridized carbons (Fsp3) is 0.655. The van der Waals surface area contributed by atoms with Crippen molar-refractivity contribution in [2.45, 2.75) is 88.7 Å². The zero-order valence-electron chi connectivity index (χ0n) is 23.2. The van der Waals surface area contributed by atoms with Gasteiger partial charge in [0.2, 0.25) is 11.8 Å². The lowest BCUT2D eigenvalue weighted by molar-refractivity contribution is -0.141.